The lowest BCUT2D eigenvalue weighted by atomic mass is 9.98. The fourth-order valence-corrected chi connectivity index (χ4v) is 3.82. The van der Waals surface area contributed by atoms with E-state index in [9.17, 15) is 9.59 Å². The Morgan fingerprint density at radius 3 is 2.50 bits per heavy atom. The Morgan fingerprint density at radius 2 is 1.75 bits per heavy atom. The summed E-state index contributed by atoms with van der Waals surface area (Å²) < 4.78 is 11.3. The Labute approximate surface area is 164 Å². The van der Waals surface area contributed by atoms with Crippen molar-refractivity contribution in [1.82, 2.24) is 4.90 Å². The molecule has 5 rings (SSSR count). The van der Waals surface area contributed by atoms with Gasteiger partial charge in [-0.25, -0.2) is 0 Å². The monoisotopic (exact) mass is 391 g/mol. The maximum Gasteiger partial charge on any atom is 0.291 e. The SMILES string of the molecule is O=C1c2oc3ccccc3c(=O)c2C(c2ccc(Cl)cc2)N1Cc1ccco1. The highest BCUT2D eigenvalue weighted by atomic mass is 35.5. The van der Waals surface area contributed by atoms with Gasteiger partial charge in [0.15, 0.2) is 5.43 Å². The molecular formula is C22H14ClNO4. The Morgan fingerprint density at radius 1 is 0.964 bits per heavy atom. The van der Waals surface area contributed by atoms with E-state index in [-0.39, 0.29) is 23.6 Å². The smallest absolute Gasteiger partial charge is 0.291 e. The number of halogens is 1. The summed E-state index contributed by atoms with van der Waals surface area (Å²) in [6, 6.07) is 17.0. The molecule has 138 valence electrons. The van der Waals surface area contributed by atoms with Crippen LogP contribution in [0.3, 0.4) is 0 Å². The van der Waals surface area contributed by atoms with Gasteiger partial charge in [-0.05, 0) is 42.0 Å². The lowest BCUT2D eigenvalue weighted by molar-refractivity contribution is 0.0701. The van der Waals surface area contributed by atoms with E-state index in [1.807, 2.05) is 12.1 Å². The van der Waals surface area contributed by atoms with E-state index in [0.29, 0.717) is 27.3 Å². The summed E-state index contributed by atoms with van der Waals surface area (Å²) >= 11 is 6.03. The first kappa shape index (κ1) is 16.8. The quantitative estimate of drug-likeness (QED) is 0.504. The van der Waals surface area contributed by atoms with Crippen molar-refractivity contribution in [3.8, 4) is 0 Å². The summed E-state index contributed by atoms with van der Waals surface area (Å²) in [7, 11) is 0. The summed E-state index contributed by atoms with van der Waals surface area (Å²) in [5, 5.41) is 1.03. The summed E-state index contributed by atoms with van der Waals surface area (Å²) in [4.78, 5) is 28.1. The predicted octanol–water partition coefficient (Wildman–Crippen LogP) is 4.78. The molecule has 1 atom stereocenters. The maximum absolute atomic E-state index is 13.3. The molecule has 0 aliphatic carbocycles. The number of nitrogens with zero attached hydrogens (tertiary/aromatic N) is 1. The first-order valence-corrected chi connectivity index (χ1v) is 9.16. The van der Waals surface area contributed by atoms with Gasteiger partial charge >= 0.3 is 0 Å². The van der Waals surface area contributed by atoms with Crippen LogP contribution in [-0.2, 0) is 6.54 Å². The summed E-state index contributed by atoms with van der Waals surface area (Å²) in [6.45, 7) is 0.221. The van der Waals surface area contributed by atoms with Gasteiger partial charge in [-0.3, -0.25) is 9.59 Å². The van der Waals surface area contributed by atoms with Gasteiger partial charge in [0.05, 0.1) is 29.8 Å². The topological polar surface area (TPSA) is 63.7 Å². The summed E-state index contributed by atoms with van der Waals surface area (Å²) in [5.41, 5.74) is 1.32. The van der Waals surface area contributed by atoms with E-state index in [1.54, 1.807) is 59.7 Å². The predicted molar refractivity (Wildman–Crippen MR) is 104 cm³/mol. The van der Waals surface area contributed by atoms with E-state index in [4.69, 9.17) is 20.4 Å². The van der Waals surface area contributed by atoms with Crippen LogP contribution in [0.2, 0.25) is 5.02 Å². The molecule has 2 aromatic carbocycles. The third-order valence-electron chi connectivity index (χ3n) is 4.97. The van der Waals surface area contributed by atoms with Crippen molar-refractivity contribution in [2.75, 3.05) is 0 Å². The second-order valence-corrected chi connectivity index (χ2v) is 7.07. The highest BCUT2D eigenvalue weighted by Gasteiger charge is 2.43. The van der Waals surface area contributed by atoms with E-state index in [1.165, 1.54) is 0 Å². The van der Waals surface area contributed by atoms with Crippen molar-refractivity contribution in [2.45, 2.75) is 12.6 Å². The second-order valence-electron chi connectivity index (χ2n) is 6.64. The number of furan rings is 1. The molecule has 2 aromatic heterocycles. The van der Waals surface area contributed by atoms with E-state index in [2.05, 4.69) is 0 Å². The largest absolute Gasteiger partial charge is 0.467 e. The van der Waals surface area contributed by atoms with Gasteiger partial charge in [-0.2, -0.15) is 0 Å². The van der Waals surface area contributed by atoms with Crippen LogP contribution in [0.1, 0.15) is 33.5 Å². The molecule has 5 nitrogen and oxygen atoms in total. The number of para-hydroxylation sites is 1. The molecule has 0 radical (unpaired) electrons. The van der Waals surface area contributed by atoms with Gasteiger partial charge < -0.3 is 13.7 Å². The average molecular weight is 392 g/mol. The Balaban J connectivity index is 1.75. The fourth-order valence-electron chi connectivity index (χ4n) is 3.69. The normalized spacial score (nSPS) is 16.0. The van der Waals surface area contributed by atoms with Gasteiger partial charge in [0.25, 0.3) is 5.91 Å². The van der Waals surface area contributed by atoms with Crippen molar-refractivity contribution in [2.24, 2.45) is 0 Å². The zero-order valence-corrected chi connectivity index (χ0v) is 15.3. The molecule has 1 amide bonds. The van der Waals surface area contributed by atoms with E-state index in [0.717, 1.165) is 5.56 Å². The highest BCUT2D eigenvalue weighted by Crippen LogP contribution is 2.39. The third-order valence-corrected chi connectivity index (χ3v) is 5.22. The van der Waals surface area contributed by atoms with Crippen molar-refractivity contribution < 1.29 is 13.6 Å². The molecule has 0 N–H and O–H groups in total. The van der Waals surface area contributed by atoms with Crippen LogP contribution in [0.4, 0.5) is 0 Å². The zero-order valence-electron chi connectivity index (χ0n) is 14.6. The maximum atomic E-state index is 13.3. The van der Waals surface area contributed by atoms with Crippen LogP contribution in [0.25, 0.3) is 11.0 Å². The number of carbonyl (C=O) groups excluding carboxylic acids is 1. The Kier molecular flexibility index (Phi) is 3.84. The minimum atomic E-state index is -0.578. The molecule has 1 aliphatic heterocycles. The van der Waals surface area contributed by atoms with Crippen LogP contribution in [0.5, 0.6) is 0 Å². The number of benzene rings is 2. The minimum absolute atomic E-state index is 0.0789. The number of carbonyl (C=O) groups is 1. The molecule has 28 heavy (non-hydrogen) atoms. The Hall–Kier alpha value is -3.31. The van der Waals surface area contributed by atoms with Crippen LogP contribution in [0.15, 0.2) is 80.6 Å². The fraction of sp³-hybridized carbons (Fsp3) is 0.0909. The molecule has 6 heteroatoms. The molecular weight excluding hydrogens is 378 g/mol. The number of hydrogen-bond acceptors (Lipinski definition) is 4. The van der Waals surface area contributed by atoms with Gasteiger partial charge in [0.1, 0.15) is 11.3 Å². The van der Waals surface area contributed by atoms with Gasteiger partial charge in [-0.15, -0.1) is 0 Å². The lowest BCUT2D eigenvalue weighted by Crippen LogP contribution is -2.29. The highest BCUT2D eigenvalue weighted by molar-refractivity contribution is 6.30. The number of rotatable bonds is 3. The van der Waals surface area contributed by atoms with Gasteiger partial charge in [-0.1, -0.05) is 35.9 Å². The van der Waals surface area contributed by atoms with Crippen LogP contribution in [-0.4, -0.2) is 10.8 Å². The molecule has 4 aromatic rings. The molecule has 0 spiro atoms. The van der Waals surface area contributed by atoms with Crippen molar-refractivity contribution in [3.05, 3.63) is 105 Å². The number of fused-ring (bicyclic) bond motifs is 2. The zero-order chi connectivity index (χ0) is 19.3. The summed E-state index contributed by atoms with van der Waals surface area (Å²) in [6.07, 6.45) is 1.55. The second kappa shape index (κ2) is 6.39. The van der Waals surface area contributed by atoms with Crippen molar-refractivity contribution >= 4 is 28.5 Å². The standard InChI is InChI=1S/C22H14ClNO4/c23-14-9-7-13(8-10-14)19-18-20(25)16-5-1-2-6-17(16)28-21(18)22(26)24(19)12-15-4-3-11-27-15/h1-11,19H,12H2. The van der Waals surface area contributed by atoms with Crippen molar-refractivity contribution in [3.63, 3.8) is 0 Å². The van der Waals surface area contributed by atoms with Crippen molar-refractivity contribution in [1.29, 1.82) is 0 Å². The molecule has 1 aliphatic rings. The molecule has 0 bridgehead atoms. The molecule has 0 fully saturated rings. The number of hydrogen-bond donors (Lipinski definition) is 0. The van der Waals surface area contributed by atoms with E-state index < -0.39 is 6.04 Å². The number of amides is 1. The van der Waals surface area contributed by atoms with Crippen LogP contribution >= 0.6 is 11.6 Å². The van der Waals surface area contributed by atoms with Gasteiger partial charge in [0.2, 0.25) is 5.76 Å². The first-order valence-electron chi connectivity index (χ1n) is 8.78. The van der Waals surface area contributed by atoms with Gasteiger partial charge in [0, 0.05) is 5.02 Å². The minimum Gasteiger partial charge on any atom is -0.467 e. The molecule has 0 saturated heterocycles. The van der Waals surface area contributed by atoms with Crippen LogP contribution < -0.4 is 5.43 Å². The lowest BCUT2D eigenvalue weighted by Gasteiger charge is -2.24. The van der Waals surface area contributed by atoms with E-state index >= 15 is 0 Å². The summed E-state index contributed by atoms with van der Waals surface area (Å²) in [5.74, 6) is 0.363. The molecule has 0 saturated carbocycles. The molecule has 3 heterocycles. The average Bonchev–Trinajstić information content (AvgIpc) is 3.31. The first-order chi connectivity index (χ1) is 13.6. The Bertz CT molecular complexity index is 1240. The van der Waals surface area contributed by atoms with Crippen LogP contribution in [0, 0.1) is 0 Å². The molecule has 1 unspecified atom stereocenters. The third kappa shape index (κ3) is 2.55.